The first-order valence-corrected chi connectivity index (χ1v) is 8.01. The van der Waals surface area contributed by atoms with Crippen molar-refractivity contribution in [2.45, 2.75) is 25.1 Å². The second kappa shape index (κ2) is 4.85. The van der Waals surface area contributed by atoms with Crippen molar-refractivity contribution in [3.8, 4) is 0 Å². The molecule has 2 fully saturated rings. The number of carbonyl (C=O) groups excluding carboxylic acids is 1. The molecule has 1 saturated heterocycles. The molecule has 5 atom stereocenters. The number of hydrogen-bond acceptors (Lipinski definition) is 3. The number of rotatable bonds is 3. The van der Waals surface area contributed by atoms with Crippen LogP contribution in [0.15, 0.2) is 12.2 Å². The van der Waals surface area contributed by atoms with Crippen LogP contribution in [0.25, 0.3) is 0 Å². The number of fused-ring (bicyclic) bond motifs is 2. The van der Waals surface area contributed by atoms with Crippen molar-refractivity contribution < 1.29 is 14.7 Å². The molecule has 0 radical (unpaired) electrons. The lowest BCUT2D eigenvalue weighted by atomic mass is 9.82. The molecule has 5 heteroatoms. The van der Waals surface area contributed by atoms with Gasteiger partial charge in [-0.25, -0.2) is 0 Å². The van der Waals surface area contributed by atoms with Gasteiger partial charge in [-0.2, -0.15) is 0 Å². The lowest BCUT2D eigenvalue weighted by Gasteiger charge is -2.31. The maximum absolute atomic E-state index is 12.7. The van der Waals surface area contributed by atoms with Crippen molar-refractivity contribution in [3.63, 3.8) is 0 Å². The fourth-order valence-corrected chi connectivity index (χ4v) is 5.00. The lowest BCUT2D eigenvalue weighted by molar-refractivity contribution is -0.151. The van der Waals surface area contributed by atoms with Crippen LogP contribution in [0.3, 0.4) is 0 Å². The Labute approximate surface area is 117 Å². The minimum atomic E-state index is -0.810. The second-order valence-electron chi connectivity index (χ2n) is 5.60. The highest BCUT2D eigenvalue weighted by Gasteiger charge is 2.53. The highest BCUT2D eigenvalue weighted by molar-refractivity contribution is 8.00. The third-order valence-electron chi connectivity index (χ3n) is 4.65. The minimum Gasteiger partial charge on any atom is -0.481 e. The standard InChI is InChI=1S/C14H19NO3S/c1-2-10-15(5-6-19-10)13(16)11-8-3-4-9(7-8)12(11)14(17)18/h3-4,8-12H,2,5-7H2,1H3,(H,17,18). The van der Waals surface area contributed by atoms with Gasteiger partial charge in [-0.15, -0.1) is 11.8 Å². The topological polar surface area (TPSA) is 57.6 Å². The van der Waals surface area contributed by atoms with Crippen LogP contribution in [0.2, 0.25) is 0 Å². The van der Waals surface area contributed by atoms with E-state index in [-0.39, 0.29) is 29.0 Å². The van der Waals surface area contributed by atoms with Crippen LogP contribution in [-0.4, -0.2) is 39.6 Å². The van der Waals surface area contributed by atoms with Gasteiger partial charge in [0, 0.05) is 12.3 Å². The number of nitrogens with zero attached hydrogens (tertiary/aromatic N) is 1. The number of hydrogen-bond donors (Lipinski definition) is 1. The molecule has 1 saturated carbocycles. The summed E-state index contributed by atoms with van der Waals surface area (Å²) in [4.78, 5) is 26.1. The smallest absolute Gasteiger partial charge is 0.307 e. The van der Waals surface area contributed by atoms with E-state index in [1.54, 1.807) is 11.8 Å². The fourth-order valence-electron chi connectivity index (χ4n) is 3.80. The van der Waals surface area contributed by atoms with E-state index in [0.29, 0.717) is 0 Å². The van der Waals surface area contributed by atoms with Gasteiger partial charge in [0.1, 0.15) is 0 Å². The van der Waals surface area contributed by atoms with Crippen molar-refractivity contribution in [1.29, 1.82) is 0 Å². The van der Waals surface area contributed by atoms with Crippen molar-refractivity contribution >= 4 is 23.6 Å². The summed E-state index contributed by atoms with van der Waals surface area (Å²) in [5.74, 6) is -0.408. The van der Waals surface area contributed by atoms with Crippen LogP contribution in [0.4, 0.5) is 0 Å². The largest absolute Gasteiger partial charge is 0.481 e. The van der Waals surface area contributed by atoms with Crippen LogP contribution >= 0.6 is 11.8 Å². The molecule has 1 heterocycles. The summed E-state index contributed by atoms with van der Waals surface area (Å²) in [6.07, 6.45) is 5.82. The molecule has 2 bridgehead atoms. The molecule has 1 amide bonds. The predicted molar refractivity (Wildman–Crippen MR) is 73.6 cm³/mol. The molecule has 3 aliphatic rings. The normalized spacial score (nSPS) is 40.1. The van der Waals surface area contributed by atoms with Crippen LogP contribution in [0, 0.1) is 23.7 Å². The van der Waals surface area contributed by atoms with Gasteiger partial charge in [0.25, 0.3) is 0 Å². The number of thioether (sulfide) groups is 1. The molecule has 0 spiro atoms. The molecule has 5 unspecified atom stereocenters. The van der Waals surface area contributed by atoms with Crippen LogP contribution < -0.4 is 0 Å². The van der Waals surface area contributed by atoms with Gasteiger partial charge in [0.15, 0.2) is 0 Å². The molecular weight excluding hydrogens is 262 g/mol. The third kappa shape index (κ3) is 1.98. The monoisotopic (exact) mass is 281 g/mol. The van der Waals surface area contributed by atoms with E-state index in [4.69, 9.17) is 0 Å². The van der Waals surface area contributed by atoms with Crippen LogP contribution in [0.1, 0.15) is 19.8 Å². The van der Waals surface area contributed by atoms with E-state index >= 15 is 0 Å². The molecule has 2 aliphatic carbocycles. The summed E-state index contributed by atoms with van der Waals surface area (Å²) in [5.41, 5.74) is 0. The quantitative estimate of drug-likeness (QED) is 0.802. The maximum Gasteiger partial charge on any atom is 0.307 e. The number of allylic oxidation sites excluding steroid dienone is 2. The Kier molecular flexibility index (Phi) is 3.33. The third-order valence-corrected chi connectivity index (χ3v) is 6.04. The fraction of sp³-hybridized carbons (Fsp3) is 0.714. The predicted octanol–water partition coefficient (Wildman–Crippen LogP) is 1.82. The summed E-state index contributed by atoms with van der Waals surface area (Å²) in [7, 11) is 0. The van der Waals surface area contributed by atoms with Crippen molar-refractivity contribution in [3.05, 3.63) is 12.2 Å². The van der Waals surface area contributed by atoms with Gasteiger partial charge in [-0.1, -0.05) is 19.1 Å². The molecule has 1 N–H and O–H groups in total. The van der Waals surface area contributed by atoms with E-state index in [2.05, 4.69) is 13.0 Å². The van der Waals surface area contributed by atoms with Crippen molar-refractivity contribution in [2.75, 3.05) is 12.3 Å². The van der Waals surface area contributed by atoms with Gasteiger partial charge >= 0.3 is 5.97 Å². The molecule has 0 aromatic heterocycles. The number of carboxylic acids is 1. The first-order valence-electron chi connectivity index (χ1n) is 6.96. The van der Waals surface area contributed by atoms with Crippen LogP contribution in [-0.2, 0) is 9.59 Å². The first-order chi connectivity index (χ1) is 9.13. The SMILES string of the molecule is CCC1SCCN1C(=O)C1C2C=CC(C2)C1C(=O)O. The Morgan fingerprint density at radius 3 is 2.63 bits per heavy atom. The zero-order chi connectivity index (χ0) is 13.6. The average Bonchev–Trinajstić information content (AvgIpc) is 3.10. The Hall–Kier alpha value is -0.970. The van der Waals surface area contributed by atoms with Gasteiger partial charge in [-0.3, -0.25) is 9.59 Å². The molecule has 3 rings (SSSR count). The molecule has 19 heavy (non-hydrogen) atoms. The number of carboxylic acid groups (broad SMARTS) is 1. The summed E-state index contributed by atoms with van der Waals surface area (Å²) in [6.45, 7) is 2.85. The van der Waals surface area contributed by atoms with Gasteiger partial charge in [0.05, 0.1) is 17.2 Å². The molecule has 1 aliphatic heterocycles. The summed E-state index contributed by atoms with van der Waals surface area (Å²) in [5, 5.41) is 9.65. The first kappa shape index (κ1) is 13.0. The van der Waals surface area contributed by atoms with Crippen molar-refractivity contribution in [2.24, 2.45) is 23.7 Å². The highest BCUT2D eigenvalue weighted by Crippen LogP contribution is 2.49. The maximum atomic E-state index is 12.7. The molecule has 0 aromatic carbocycles. The summed E-state index contributed by atoms with van der Waals surface area (Å²) < 4.78 is 0. The molecule has 104 valence electrons. The number of aliphatic carboxylic acids is 1. The van der Waals surface area contributed by atoms with Gasteiger partial charge < -0.3 is 10.0 Å². The zero-order valence-corrected chi connectivity index (χ0v) is 11.8. The van der Waals surface area contributed by atoms with E-state index in [1.165, 1.54) is 0 Å². The summed E-state index contributed by atoms with van der Waals surface area (Å²) >= 11 is 1.81. The Morgan fingerprint density at radius 2 is 2.00 bits per heavy atom. The molecule has 0 aromatic rings. The molecular formula is C14H19NO3S. The average molecular weight is 281 g/mol. The van der Waals surface area contributed by atoms with Gasteiger partial charge in [-0.05, 0) is 24.7 Å². The van der Waals surface area contributed by atoms with E-state index < -0.39 is 11.9 Å². The van der Waals surface area contributed by atoms with Crippen LogP contribution in [0.5, 0.6) is 0 Å². The minimum absolute atomic E-state index is 0.0618. The summed E-state index contributed by atoms with van der Waals surface area (Å²) in [6, 6.07) is 0. The lowest BCUT2D eigenvalue weighted by Crippen LogP contribution is -2.44. The number of amides is 1. The van der Waals surface area contributed by atoms with Gasteiger partial charge in [0.2, 0.25) is 5.91 Å². The Bertz CT molecular complexity index is 436. The van der Waals surface area contributed by atoms with E-state index in [9.17, 15) is 14.7 Å². The zero-order valence-electron chi connectivity index (χ0n) is 11.0. The van der Waals surface area contributed by atoms with Crippen molar-refractivity contribution in [1.82, 2.24) is 4.90 Å². The molecule has 4 nitrogen and oxygen atoms in total. The Balaban J connectivity index is 1.83. The number of carbonyl (C=O) groups is 2. The highest BCUT2D eigenvalue weighted by atomic mass is 32.2. The Morgan fingerprint density at radius 1 is 1.32 bits per heavy atom. The second-order valence-corrected chi connectivity index (χ2v) is 6.89. The van der Waals surface area contributed by atoms with E-state index in [1.807, 2.05) is 11.0 Å². The van der Waals surface area contributed by atoms with E-state index in [0.717, 1.165) is 25.1 Å².